The summed E-state index contributed by atoms with van der Waals surface area (Å²) in [7, 11) is 0. The number of carbonyl (C=O) groups is 1. The van der Waals surface area contributed by atoms with Crippen molar-refractivity contribution < 1.29 is 13.9 Å². The molecule has 2 amide bonds. The van der Waals surface area contributed by atoms with Gasteiger partial charge in [-0.25, -0.2) is 9.78 Å². The first-order valence-corrected chi connectivity index (χ1v) is 7.88. The zero-order valence-electron chi connectivity index (χ0n) is 13.1. The van der Waals surface area contributed by atoms with E-state index in [1.807, 2.05) is 37.3 Å². The molecule has 0 spiro atoms. The number of ether oxygens (including phenoxy) is 1. The van der Waals surface area contributed by atoms with Crippen molar-refractivity contribution in [2.75, 3.05) is 6.61 Å². The summed E-state index contributed by atoms with van der Waals surface area (Å²) in [5.74, 6) is 1.17. The van der Waals surface area contributed by atoms with Crippen LogP contribution in [0.1, 0.15) is 25.7 Å². The summed E-state index contributed by atoms with van der Waals surface area (Å²) < 4.78 is 11.2. The Balaban J connectivity index is 1.48. The first-order chi connectivity index (χ1) is 11.2. The van der Waals surface area contributed by atoms with Crippen molar-refractivity contribution in [3.8, 4) is 11.3 Å². The average molecular weight is 315 g/mol. The second kappa shape index (κ2) is 7.28. The van der Waals surface area contributed by atoms with E-state index in [0.29, 0.717) is 11.7 Å². The maximum absolute atomic E-state index is 11.9. The van der Waals surface area contributed by atoms with Gasteiger partial charge in [-0.05, 0) is 19.8 Å². The largest absolute Gasteiger partial charge is 0.439 e. The Labute approximate surface area is 135 Å². The average Bonchev–Trinajstić information content (AvgIpc) is 3.25. The molecule has 1 fully saturated rings. The van der Waals surface area contributed by atoms with Crippen molar-refractivity contribution in [1.82, 2.24) is 15.6 Å². The molecule has 1 aliphatic rings. The topological polar surface area (TPSA) is 76.4 Å². The fraction of sp³-hybridized carbons (Fsp3) is 0.412. The molecule has 6 nitrogen and oxygen atoms in total. The number of hydrogen-bond acceptors (Lipinski definition) is 4. The van der Waals surface area contributed by atoms with Gasteiger partial charge < -0.3 is 19.8 Å². The van der Waals surface area contributed by atoms with Crippen LogP contribution in [-0.4, -0.2) is 29.8 Å². The van der Waals surface area contributed by atoms with Crippen LogP contribution < -0.4 is 10.6 Å². The predicted octanol–water partition coefficient (Wildman–Crippen LogP) is 2.71. The first kappa shape index (κ1) is 15.6. The van der Waals surface area contributed by atoms with Crippen LogP contribution in [0.3, 0.4) is 0 Å². The van der Waals surface area contributed by atoms with E-state index in [2.05, 4.69) is 15.6 Å². The second-order valence-electron chi connectivity index (χ2n) is 5.65. The number of hydrogen-bond donors (Lipinski definition) is 2. The van der Waals surface area contributed by atoms with Gasteiger partial charge in [0.1, 0.15) is 0 Å². The quantitative estimate of drug-likeness (QED) is 0.889. The van der Waals surface area contributed by atoms with E-state index < -0.39 is 0 Å². The number of oxazole rings is 1. The van der Waals surface area contributed by atoms with E-state index in [1.54, 1.807) is 6.20 Å². The molecule has 2 N–H and O–H groups in total. The molecule has 0 saturated carbocycles. The van der Waals surface area contributed by atoms with Gasteiger partial charge in [0.15, 0.2) is 5.76 Å². The summed E-state index contributed by atoms with van der Waals surface area (Å²) in [4.78, 5) is 16.1. The number of aromatic nitrogens is 1. The van der Waals surface area contributed by atoms with Gasteiger partial charge in [-0.15, -0.1) is 0 Å². The SMILES string of the molecule is C[C@H](NC(=O)NCc1ncc(-c2ccccc2)o1)[C@H]1CCCO1. The molecule has 0 aliphatic carbocycles. The summed E-state index contributed by atoms with van der Waals surface area (Å²) in [6.07, 6.45) is 3.81. The number of benzene rings is 1. The Hall–Kier alpha value is -2.34. The molecule has 1 saturated heterocycles. The van der Waals surface area contributed by atoms with Crippen molar-refractivity contribution in [3.05, 3.63) is 42.4 Å². The van der Waals surface area contributed by atoms with Gasteiger partial charge in [0.05, 0.1) is 24.9 Å². The number of amides is 2. The summed E-state index contributed by atoms with van der Waals surface area (Å²) in [5, 5.41) is 5.64. The van der Waals surface area contributed by atoms with Gasteiger partial charge in [-0.3, -0.25) is 0 Å². The third-order valence-electron chi connectivity index (χ3n) is 3.89. The summed E-state index contributed by atoms with van der Waals surface area (Å²) >= 11 is 0. The van der Waals surface area contributed by atoms with Crippen molar-refractivity contribution in [1.29, 1.82) is 0 Å². The molecule has 0 radical (unpaired) electrons. The van der Waals surface area contributed by atoms with Gasteiger partial charge in [0.2, 0.25) is 5.89 Å². The van der Waals surface area contributed by atoms with Gasteiger partial charge in [0, 0.05) is 12.2 Å². The first-order valence-electron chi connectivity index (χ1n) is 7.88. The lowest BCUT2D eigenvalue weighted by molar-refractivity contribution is 0.0860. The fourth-order valence-electron chi connectivity index (χ4n) is 2.63. The zero-order chi connectivity index (χ0) is 16.1. The van der Waals surface area contributed by atoms with Crippen LogP contribution in [0, 0.1) is 0 Å². The van der Waals surface area contributed by atoms with Crippen molar-refractivity contribution in [3.63, 3.8) is 0 Å². The normalized spacial score (nSPS) is 18.6. The molecule has 2 aromatic rings. The van der Waals surface area contributed by atoms with Gasteiger partial charge in [-0.1, -0.05) is 30.3 Å². The molecule has 23 heavy (non-hydrogen) atoms. The summed E-state index contributed by atoms with van der Waals surface area (Å²) in [6.45, 7) is 2.97. The van der Waals surface area contributed by atoms with Crippen LogP contribution in [0.4, 0.5) is 4.79 Å². The molecule has 122 valence electrons. The van der Waals surface area contributed by atoms with Crippen LogP contribution in [-0.2, 0) is 11.3 Å². The molecule has 0 unspecified atom stereocenters. The van der Waals surface area contributed by atoms with Crippen molar-refractivity contribution in [2.45, 2.75) is 38.5 Å². The standard InChI is InChI=1S/C17H21N3O3/c1-12(14-8-5-9-22-14)20-17(21)19-11-16-18-10-15(23-16)13-6-3-2-4-7-13/h2-4,6-7,10,12,14H,5,8-9,11H2,1H3,(H2,19,20,21)/t12-,14+/m0/s1. The smallest absolute Gasteiger partial charge is 0.315 e. The lowest BCUT2D eigenvalue weighted by Crippen LogP contribution is -2.45. The lowest BCUT2D eigenvalue weighted by atomic mass is 10.1. The highest BCUT2D eigenvalue weighted by atomic mass is 16.5. The third-order valence-corrected chi connectivity index (χ3v) is 3.89. The molecule has 2 heterocycles. The molecule has 3 rings (SSSR count). The third kappa shape index (κ3) is 4.10. The van der Waals surface area contributed by atoms with E-state index >= 15 is 0 Å². The van der Waals surface area contributed by atoms with Crippen LogP contribution in [0.2, 0.25) is 0 Å². The molecule has 1 aromatic heterocycles. The Bertz CT molecular complexity index is 636. The Morgan fingerprint density at radius 1 is 1.39 bits per heavy atom. The van der Waals surface area contributed by atoms with E-state index in [0.717, 1.165) is 25.0 Å². The Kier molecular flexibility index (Phi) is 4.92. The number of nitrogens with one attached hydrogen (secondary N) is 2. The second-order valence-corrected chi connectivity index (χ2v) is 5.65. The molecular formula is C17H21N3O3. The fourth-order valence-corrected chi connectivity index (χ4v) is 2.63. The molecule has 1 aliphatic heterocycles. The summed E-state index contributed by atoms with van der Waals surface area (Å²) in [6, 6.07) is 9.48. The van der Waals surface area contributed by atoms with Gasteiger partial charge in [-0.2, -0.15) is 0 Å². The minimum atomic E-state index is -0.243. The zero-order valence-corrected chi connectivity index (χ0v) is 13.1. The molecule has 0 bridgehead atoms. The van der Waals surface area contributed by atoms with Crippen LogP contribution in [0.15, 0.2) is 40.9 Å². The maximum atomic E-state index is 11.9. The molecule has 2 atom stereocenters. The van der Waals surface area contributed by atoms with Crippen LogP contribution in [0.5, 0.6) is 0 Å². The van der Waals surface area contributed by atoms with E-state index in [4.69, 9.17) is 9.15 Å². The van der Waals surface area contributed by atoms with Gasteiger partial charge in [0.25, 0.3) is 0 Å². The maximum Gasteiger partial charge on any atom is 0.315 e. The van der Waals surface area contributed by atoms with Crippen LogP contribution >= 0.6 is 0 Å². The van der Waals surface area contributed by atoms with Crippen molar-refractivity contribution >= 4 is 6.03 Å². The molecular weight excluding hydrogens is 294 g/mol. The van der Waals surface area contributed by atoms with Crippen molar-refractivity contribution in [2.24, 2.45) is 0 Å². The van der Waals surface area contributed by atoms with Crippen LogP contribution in [0.25, 0.3) is 11.3 Å². The number of rotatable bonds is 5. The molecule has 6 heteroatoms. The van der Waals surface area contributed by atoms with E-state index in [-0.39, 0.29) is 24.7 Å². The Morgan fingerprint density at radius 2 is 2.22 bits per heavy atom. The van der Waals surface area contributed by atoms with E-state index in [9.17, 15) is 4.79 Å². The van der Waals surface area contributed by atoms with E-state index in [1.165, 1.54) is 0 Å². The number of nitrogens with zero attached hydrogens (tertiary/aromatic N) is 1. The number of urea groups is 1. The predicted molar refractivity (Wildman–Crippen MR) is 85.7 cm³/mol. The highest BCUT2D eigenvalue weighted by Gasteiger charge is 2.23. The Morgan fingerprint density at radius 3 is 2.96 bits per heavy atom. The minimum absolute atomic E-state index is 0.0121. The molecule has 1 aromatic carbocycles. The highest BCUT2D eigenvalue weighted by molar-refractivity contribution is 5.74. The monoisotopic (exact) mass is 315 g/mol. The lowest BCUT2D eigenvalue weighted by Gasteiger charge is -2.19. The highest BCUT2D eigenvalue weighted by Crippen LogP contribution is 2.19. The van der Waals surface area contributed by atoms with Gasteiger partial charge >= 0.3 is 6.03 Å². The summed E-state index contributed by atoms with van der Waals surface area (Å²) in [5.41, 5.74) is 0.961. The number of carbonyl (C=O) groups excluding carboxylic acids is 1. The minimum Gasteiger partial charge on any atom is -0.439 e.